The number of amides is 2. The number of hydrogen-bond donors (Lipinski definition) is 1. The van der Waals surface area contributed by atoms with Crippen molar-refractivity contribution in [1.82, 2.24) is 10.1 Å². The fourth-order valence-corrected chi connectivity index (χ4v) is 3.72. The van der Waals surface area contributed by atoms with E-state index in [0.29, 0.717) is 43.4 Å². The normalized spacial score (nSPS) is 15.3. The van der Waals surface area contributed by atoms with Crippen LogP contribution in [0.15, 0.2) is 53.1 Å². The number of nitrogens with one attached hydrogen (secondary N) is 1. The fourth-order valence-electron chi connectivity index (χ4n) is 3.72. The van der Waals surface area contributed by atoms with Gasteiger partial charge in [0.25, 0.3) is 0 Å². The molecule has 0 atom stereocenters. The molecule has 0 spiro atoms. The third-order valence-electron chi connectivity index (χ3n) is 5.28. The molecule has 148 valence electrons. The first kappa shape index (κ1) is 17.5. The highest BCUT2D eigenvalue weighted by Crippen LogP contribution is 2.40. The summed E-state index contributed by atoms with van der Waals surface area (Å²) >= 11 is 0. The van der Waals surface area contributed by atoms with Crippen molar-refractivity contribution in [2.24, 2.45) is 0 Å². The van der Waals surface area contributed by atoms with Gasteiger partial charge in [-0.05, 0) is 24.3 Å². The van der Waals surface area contributed by atoms with E-state index in [-0.39, 0.29) is 18.5 Å². The molecule has 3 aromatic rings. The van der Waals surface area contributed by atoms with Gasteiger partial charge in [-0.3, -0.25) is 5.32 Å². The molecule has 2 aliphatic heterocycles. The van der Waals surface area contributed by atoms with E-state index in [9.17, 15) is 9.18 Å². The van der Waals surface area contributed by atoms with Gasteiger partial charge in [-0.2, -0.15) is 0 Å². The highest BCUT2D eigenvalue weighted by atomic mass is 19.1. The van der Waals surface area contributed by atoms with Gasteiger partial charge < -0.3 is 19.1 Å². The number of aromatic nitrogens is 1. The average molecular weight is 394 g/mol. The second kappa shape index (κ2) is 7.12. The predicted molar refractivity (Wildman–Crippen MR) is 105 cm³/mol. The number of carbonyl (C=O) groups excluding carboxylic acids is 1. The van der Waals surface area contributed by atoms with Gasteiger partial charge in [-0.25, -0.2) is 9.18 Å². The summed E-state index contributed by atoms with van der Waals surface area (Å²) in [4.78, 5) is 16.3. The SMILES string of the molecule is O=C(Nc1noc2c1COc1ccccc1-2)N1CCN(c2ccccc2F)CC1. The topological polar surface area (TPSA) is 70.8 Å². The first-order valence-electron chi connectivity index (χ1n) is 9.47. The number of halogens is 1. The molecule has 2 amide bonds. The van der Waals surface area contributed by atoms with E-state index in [1.165, 1.54) is 6.07 Å². The number of hydrogen-bond acceptors (Lipinski definition) is 5. The Morgan fingerprint density at radius 1 is 1.03 bits per heavy atom. The fraction of sp³-hybridized carbons (Fsp3) is 0.238. The van der Waals surface area contributed by atoms with Crippen LogP contribution in [-0.2, 0) is 6.61 Å². The van der Waals surface area contributed by atoms with Gasteiger partial charge in [-0.15, -0.1) is 0 Å². The Kier molecular flexibility index (Phi) is 4.31. The molecule has 1 N–H and O–H groups in total. The lowest BCUT2D eigenvalue weighted by Crippen LogP contribution is -2.50. The molecule has 5 rings (SSSR count). The van der Waals surface area contributed by atoms with Crippen molar-refractivity contribution in [2.45, 2.75) is 6.61 Å². The molecule has 0 aliphatic carbocycles. The zero-order valence-electron chi connectivity index (χ0n) is 15.6. The summed E-state index contributed by atoms with van der Waals surface area (Å²) < 4.78 is 25.2. The highest BCUT2D eigenvalue weighted by molar-refractivity contribution is 5.90. The lowest BCUT2D eigenvalue weighted by atomic mass is 10.1. The lowest BCUT2D eigenvalue weighted by molar-refractivity contribution is 0.208. The Labute approximate surface area is 166 Å². The number of urea groups is 1. The van der Waals surface area contributed by atoms with E-state index in [4.69, 9.17) is 9.26 Å². The van der Waals surface area contributed by atoms with Crippen LogP contribution in [0.2, 0.25) is 0 Å². The van der Waals surface area contributed by atoms with Gasteiger partial charge in [0.15, 0.2) is 11.6 Å². The van der Waals surface area contributed by atoms with Crippen LogP contribution in [0.25, 0.3) is 11.3 Å². The zero-order chi connectivity index (χ0) is 19.8. The summed E-state index contributed by atoms with van der Waals surface area (Å²) in [6, 6.07) is 14.0. The summed E-state index contributed by atoms with van der Waals surface area (Å²) in [6.45, 7) is 2.37. The molecular weight excluding hydrogens is 375 g/mol. The smallest absolute Gasteiger partial charge is 0.323 e. The average Bonchev–Trinajstić information content (AvgIpc) is 3.17. The maximum atomic E-state index is 14.0. The van der Waals surface area contributed by atoms with Crippen LogP contribution in [0.5, 0.6) is 5.75 Å². The van der Waals surface area contributed by atoms with Crippen molar-refractivity contribution in [2.75, 3.05) is 36.4 Å². The van der Waals surface area contributed by atoms with E-state index in [1.807, 2.05) is 35.2 Å². The monoisotopic (exact) mass is 394 g/mol. The summed E-state index contributed by atoms with van der Waals surface area (Å²) in [7, 11) is 0. The van der Waals surface area contributed by atoms with Crippen molar-refractivity contribution >= 4 is 17.5 Å². The van der Waals surface area contributed by atoms with E-state index < -0.39 is 0 Å². The number of para-hydroxylation sites is 2. The molecule has 7 nitrogen and oxygen atoms in total. The molecule has 0 saturated carbocycles. The summed E-state index contributed by atoms with van der Waals surface area (Å²) in [5.74, 6) is 1.47. The number of benzene rings is 2. The van der Waals surface area contributed by atoms with E-state index in [0.717, 1.165) is 16.9 Å². The van der Waals surface area contributed by atoms with Crippen molar-refractivity contribution in [1.29, 1.82) is 0 Å². The third-order valence-corrected chi connectivity index (χ3v) is 5.28. The predicted octanol–water partition coefficient (Wildman–Crippen LogP) is 3.73. The summed E-state index contributed by atoms with van der Waals surface area (Å²) in [6.07, 6.45) is 0. The minimum absolute atomic E-state index is 0.250. The number of anilines is 2. The van der Waals surface area contributed by atoms with Crippen molar-refractivity contribution in [3.05, 3.63) is 59.9 Å². The maximum Gasteiger partial charge on any atom is 0.323 e. The molecule has 0 bridgehead atoms. The van der Waals surface area contributed by atoms with Crippen LogP contribution < -0.4 is 15.0 Å². The molecule has 0 radical (unpaired) electrons. The molecular formula is C21H19FN4O3. The number of fused-ring (bicyclic) bond motifs is 3. The van der Waals surface area contributed by atoms with Crippen LogP contribution in [-0.4, -0.2) is 42.3 Å². The molecule has 1 saturated heterocycles. The van der Waals surface area contributed by atoms with Gasteiger partial charge in [0.05, 0.1) is 16.8 Å². The van der Waals surface area contributed by atoms with E-state index in [2.05, 4.69) is 10.5 Å². The second-order valence-electron chi connectivity index (χ2n) is 6.98. The second-order valence-corrected chi connectivity index (χ2v) is 6.98. The Morgan fingerprint density at radius 3 is 2.62 bits per heavy atom. The standard InChI is InChI=1S/C21H19FN4O3/c22-16-6-2-3-7-17(16)25-9-11-26(12-10-25)21(27)23-20-15-13-28-18-8-4-1-5-14(18)19(15)29-24-20/h1-8H,9-13H2,(H,23,24,27). The molecule has 0 unspecified atom stereocenters. The number of carbonyl (C=O) groups is 1. The van der Waals surface area contributed by atoms with Crippen molar-refractivity contribution < 1.29 is 18.4 Å². The van der Waals surface area contributed by atoms with Gasteiger partial charge in [0, 0.05) is 26.2 Å². The van der Waals surface area contributed by atoms with Gasteiger partial charge in [-0.1, -0.05) is 29.4 Å². The van der Waals surface area contributed by atoms with Crippen LogP contribution >= 0.6 is 0 Å². The molecule has 8 heteroatoms. The van der Waals surface area contributed by atoms with Crippen molar-refractivity contribution in [3.63, 3.8) is 0 Å². The van der Waals surface area contributed by atoms with Crippen LogP contribution in [0.3, 0.4) is 0 Å². The molecule has 2 aliphatic rings. The molecule has 2 aromatic carbocycles. The Bertz CT molecular complexity index is 1060. The summed E-state index contributed by atoms with van der Waals surface area (Å²) in [5.41, 5.74) is 2.11. The maximum absolute atomic E-state index is 14.0. The molecule has 1 aromatic heterocycles. The largest absolute Gasteiger partial charge is 0.488 e. The summed E-state index contributed by atoms with van der Waals surface area (Å²) in [5, 5.41) is 6.86. The van der Waals surface area contributed by atoms with Crippen LogP contribution in [0.4, 0.5) is 20.7 Å². The highest BCUT2D eigenvalue weighted by Gasteiger charge is 2.28. The lowest BCUT2D eigenvalue weighted by Gasteiger charge is -2.36. The number of nitrogens with zero attached hydrogens (tertiary/aromatic N) is 3. The molecule has 29 heavy (non-hydrogen) atoms. The number of piperazine rings is 1. The van der Waals surface area contributed by atoms with Gasteiger partial charge in [0.2, 0.25) is 0 Å². The first-order valence-corrected chi connectivity index (χ1v) is 9.47. The van der Waals surface area contributed by atoms with Crippen LogP contribution in [0.1, 0.15) is 5.56 Å². The van der Waals surface area contributed by atoms with Gasteiger partial charge in [0.1, 0.15) is 18.2 Å². The zero-order valence-corrected chi connectivity index (χ0v) is 15.6. The van der Waals surface area contributed by atoms with Gasteiger partial charge >= 0.3 is 6.03 Å². The molecule has 3 heterocycles. The third kappa shape index (κ3) is 3.16. The number of rotatable bonds is 2. The Morgan fingerprint density at radius 2 is 1.79 bits per heavy atom. The Hall–Kier alpha value is -3.55. The minimum atomic E-state index is -0.256. The van der Waals surface area contributed by atoms with E-state index in [1.54, 1.807) is 17.0 Å². The Balaban J connectivity index is 1.26. The number of ether oxygens (including phenoxy) is 1. The quantitative estimate of drug-likeness (QED) is 0.717. The van der Waals surface area contributed by atoms with Crippen LogP contribution in [0, 0.1) is 5.82 Å². The minimum Gasteiger partial charge on any atom is -0.488 e. The van der Waals surface area contributed by atoms with Crippen molar-refractivity contribution in [3.8, 4) is 17.1 Å². The van der Waals surface area contributed by atoms with E-state index >= 15 is 0 Å². The molecule has 1 fully saturated rings. The first-order chi connectivity index (χ1) is 14.2.